The number of H-pyrrole nitrogens is 1. The summed E-state index contributed by atoms with van der Waals surface area (Å²) >= 11 is 7.25. The summed E-state index contributed by atoms with van der Waals surface area (Å²) in [7, 11) is 0. The molecule has 22 heavy (non-hydrogen) atoms. The van der Waals surface area contributed by atoms with Gasteiger partial charge in [-0.05, 0) is 37.2 Å². The van der Waals surface area contributed by atoms with Gasteiger partial charge in [-0.2, -0.15) is 5.10 Å². The topological polar surface area (TPSA) is 33.6 Å². The number of nitrogens with zero attached hydrogens (tertiary/aromatic N) is 2. The highest BCUT2D eigenvalue weighted by Gasteiger charge is 2.17. The van der Waals surface area contributed by atoms with Crippen molar-refractivity contribution in [1.82, 2.24) is 14.8 Å². The molecule has 2 aromatic heterocycles. The third-order valence-corrected chi connectivity index (χ3v) is 5.07. The summed E-state index contributed by atoms with van der Waals surface area (Å²) in [5.74, 6) is 0.917. The Morgan fingerprint density at radius 2 is 2.09 bits per heavy atom. The molecule has 0 bridgehead atoms. The van der Waals surface area contributed by atoms with Crippen molar-refractivity contribution in [2.75, 3.05) is 0 Å². The molecular weight excluding hydrogens is 310 g/mol. The molecule has 3 nitrogen and oxygen atoms in total. The molecule has 0 saturated carbocycles. The van der Waals surface area contributed by atoms with Crippen molar-refractivity contribution in [2.24, 2.45) is 0 Å². The predicted molar refractivity (Wildman–Crippen MR) is 95.0 cm³/mol. The number of hydrogen-bond donors (Lipinski definition) is 1. The highest BCUT2D eigenvalue weighted by Crippen LogP contribution is 2.29. The Labute approximate surface area is 139 Å². The van der Waals surface area contributed by atoms with E-state index in [-0.39, 0.29) is 6.04 Å². The minimum absolute atomic E-state index is 0.150. The van der Waals surface area contributed by atoms with Gasteiger partial charge in [0.1, 0.15) is 0 Å². The lowest BCUT2D eigenvalue weighted by Crippen LogP contribution is -2.08. The van der Waals surface area contributed by atoms with Crippen molar-refractivity contribution in [2.45, 2.75) is 32.7 Å². The Hall–Kier alpha value is -1.72. The molecule has 0 saturated heterocycles. The van der Waals surface area contributed by atoms with Crippen LogP contribution in [-0.2, 0) is 6.42 Å². The summed E-state index contributed by atoms with van der Waals surface area (Å²) < 4.78 is 2.76. The van der Waals surface area contributed by atoms with Crippen molar-refractivity contribution in [3.63, 3.8) is 0 Å². The molecule has 2 heterocycles. The van der Waals surface area contributed by atoms with Gasteiger partial charge in [0.25, 0.3) is 0 Å². The van der Waals surface area contributed by atoms with E-state index >= 15 is 0 Å². The van der Waals surface area contributed by atoms with E-state index in [1.807, 2.05) is 6.07 Å². The molecule has 0 fully saturated rings. The zero-order valence-corrected chi connectivity index (χ0v) is 14.4. The van der Waals surface area contributed by atoms with Gasteiger partial charge in [-0.3, -0.25) is 9.67 Å². The molecule has 1 atom stereocenters. The number of benzene rings is 1. The molecule has 3 rings (SSSR count). The fourth-order valence-corrected chi connectivity index (χ4v) is 3.88. The van der Waals surface area contributed by atoms with Crippen LogP contribution in [0.15, 0.2) is 41.8 Å². The van der Waals surface area contributed by atoms with Crippen LogP contribution in [0.2, 0.25) is 0 Å². The van der Waals surface area contributed by atoms with E-state index in [1.165, 1.54) is 10.4 Å². The maximum Gasteiger partial charge on any atom is 0.196 e. The summed E-state index contributed by atoms with van der Waals surface area (Å²) in [6, 6.07) is 12.8. The first-order valence-electron chi connectivity index (χ1n) is 7.50. The third-order valence-electron chi connectivity index (χ3n) is 3.78. The second kappa shape index (κ2) is 6.58. The lowest BCUT2D eigenvalue weighted by Gasteiger charge is -2.15. The van der Waals surface area contributed by atoms with Gasteiger partial charge in [0.05, 0.1) is 6.04 Å². The normalized spacial score (nSPS) is 12.5. The zero-order chi connectivity index (χ0) is 15.5. The van der Waals surface area contributed by atoms with Crippen molar-refractivity contribution in [1.29, 1.82) is 0 Å². The quantitative estimate of drug-likeness (QED) is 0.650. The molecule has 0 aliphatic heterocycles. The molecular formula is C17H19N3S2. The fourth-order valence-electron chi connectivity index (χ4n) is 2.62. The predicted octanol–water partition coefficient (Wildman–Crippen LogP) is 5.23. The van der Waals surface area contributed by atoms with Gasteiger partial charge in [-0.25, -0.2) is 0 Å². The van der Waals surface area contributed by atoms with Gasteiger partial charge in [-0.1, -0.05) is 43.7 Å². The van der Waals surface area contributed by atoms with E-state index in [1.54, 1.807) is 11.3 Å². The van der Waals surface area contributed by atoms with Crippen LogP contribution in [0.4, 0.5) is 0 Å². The Morgan fingerprint density at radius 1 is 1.32 bits per heavy atom. The second-order valence-electron chi connectivity index (χ2n) is 5.36. The van der Waals surface area contributed by atoms with Gasteiger partial charge in [0.15, 0.2) is 10.6 Å². The summed E-state index contributed by atoms with van der Waals surface area (Å²) in [4.78, 5) is 1.39. The van der Waals surface area contributed by atoms with Crippen LogP contribution in [0, 0.1) is 4.77 Å². The lowest BCUT2D eigenvalue weighted by atomic mass is 10.1. The van der Waals surface area contributed by atoms with Crippen LogP contribution in [0.3, 0.4) is 0 Å². The SMILES string of the molecule is CCCc1cc(-c2n[nH]c(=S)n2[C@@H](C)c2ccccc2)cs1. The second-order valence-corrected chi connectivity index (χ2v) is 6.74. The van der Waals surface area contributed by atoms with E-state index in [4.69, 9.17) is 12.2 Å². The Bertz CT molecular complexity index is 799. The van der Waals surface area contributed by atoms with Gasteiger partial charge in [0.2, 0.25) is 0 Å². The maximum atomic E-state index is 5.46. The standard InChI is InChI=1S/C17H19N3S2/c1-3-7-15-10-14(11-22-15)16-18-19-17(21)20(16)12(2)13-8-5-4-6-9-13/h4-6,8-12H,3,7H2,1-2H3,(H,19,21)/t12-/m0/s1. The number of aromatic nitrogens is 3. The number of aryl methyl sites for hydroxylation is 1. The van der Waals surface area contributed by atoms with Crippen molar-refractivity contribution < 1.29 is 0 Å². The van der Waals surface area contributed by atoms with E-state index < -0.39 is 0 Å². The Balaban J connectivity index is 2.02. The lowest BCUT2D eigenvalue weighted by molar-refractivity contribution is 0.635. The first-order chi connectivity index (χ1) is 10.7. The summed E-state index contributed by atoms with van der Waals surface area (Å²) in [5, 5.41) is 9.58. The van der Waals surface area contributed by atoms with Crippen LogP contribution in [-0.4, -0.2) is 14.8 Å². The summed E-state index contributed by atoms with van der Waals surface area (Å²) in [6.45, 7) is 4.36. The van der Waals surface area contributed by atoms with Gasteiger partial charge in [-0.15, -0.1) is 11.3 Å². The van der Waals surface area contributed by atoms with E-state index in [0.29, 0.717) is 4.77 Å². The van der Waals surface area contributed by atoms with Crippen molar-refractivity contribution >= 4 is 23.6 Å². The summed E-state index contributed by atoms with van der Waals surface area (Å²) in [6.07, 6.45) is 2.28. The molecule has 1 aromatic carbocycles. The maximum absolute atomic E-state index is 5.46. The molecule has 5 heteroatoms. The number of nitrogens with one attached hydrogen (secondary N) is 1. The fraction of sp³-hybridized carbons (Fsp3) is 0.294. The van der Waals surface area contributed by atoms with Crippen molar-refractivity contribution in [3.8, 4) is 11.4 Å². The molecule has 3 aromatic rings. The number of aromatic amines is 1. The smallest absolute Gasteiger partial charge is 0.196 e. The van der Waals surface area contributed by atoms with Crippen LogP contribution >= 0.6 is 23.6 Å². The van der Waals surface area contributed by atoms with Gasteiger partial charge in [0, 0.05) is 15.8 Å². The number of rotatable bonds is 5. The average molecular weight is 329 g/mol. The molecule has 0 radical (unpaired) electrons. The first-order valence-corrected chi connectivity index (χ1v) is 8.79. The van der Waals surface area contributed by atoms with Crippen LogP contribution in [0.5, 0.6) is 0 Å². The van der Waals surface area contributed by atoms with Crippen molar-refractivity contribution in [3.05, 3.63) is 57.0 Å². The molecule has 0 aliphatic carbocycles. The van der Waals surface area contributed by atoms with E-state index in [0.717, 1.165) is 24.2 Å². The molecule has 0 unspecified atom stereocenters. The van der Waals surface area contributed by atoms with Crippen LogP contribution in [0.1, 0.15) is 36.8 Å². The molecule has 0 aliphatic rings. The molecule has 0 spiro atoms. The van der Waals surface area contributed by atoms with Gasteiger partial charge < -0.3 is 0 Å². The largest absolute Gasteiger partial charge is 0.293 e. The number of thiophene rings is 1. The monoisotopic (exact) mass is 329 g/mol. The zero-order valence-electron chi connectivity index (χ0n) is 12.7. The highest BCUT2D eigenvalue weighted by atomic mass is 32.1. The third kappa shape index (κ3) is 2.91. The minimum Gasteiger partial charge on any atom is -0.293 e. The van der Waals surface area contributed by atoms with Gasteiger partial charge >= 0.3 is 0 Å². The average Bonchev–Trinajstić information content (AvgIpc) is 3.14. The van der Waals surface area contributed by atoms with E-state index in [2.05, 4.69) is 64.3 Å². The number of hydrogen-bond acceptors (Lipinski definition) is 3. The molecule has 114 valence electrons. The highest BCUT2D eigenvalue weighted by molar-refractivity contribution is 7.71. The minimum atomic E-state index is 0.150. The Morgan fingerprint density at radius 3 is 2.82 bits per heavy atom. The first kappa shape index (κ1) is 15.2. The van der Waals surface area contributed by atoms with E-state index in [9.17, 15) is 0 Å². The molecule has 1 N–H and O–H groups in total. The van der Waals surface area contributed by atoms with Crippen LogP contribution < -0.4 is 0 Å². The van der Waals surface area contributed by atoms with Crippen LogP contribution in [0.25, 0.3) is 11.4 Å². The molecule has 0 amide bonds. The Kier molecular flexibility index (Phi) is 4.55. The summed E-state index contributed by atoms with van der Waals surface area (Å²) in [5.41, 5.74) is 2.37.